The number of benzene rings is 1. The number of piperidine rings is 1. The number of aromatic nitrogens is 1. The Bertz CT molecular complexity index is 815. The molecule has 1 aromatic heterocycles. The van der Waals surface area contributed by atoms with Crippen molar-refractivity contribution in [3.05, 3.63) is 42.1 Å². The molecule has 0 saturated carbocycles. The third-order valence-corrected chi connectivity index (χ3v) is 4.43. The summed E-state index contributed by atoms with van der Waals surface area (Å²) in [6.45, 7) is -0.694. The first-order valence-corrected chi connectivity index (χ1v) is 8.33. The van der Waals surface area contributed by atoms with Gasteiger partial charge in [0.25, 0.3) is 5.91 Å². The first-order chi connectivity index (χ1) is 12.3. The van der Waals surface area contributed by atoms with Crippen LogP contribution in [0.5, 0.6) is 0 Å². The van der Waals surface area contributed by atoms with E-state index in [9.17, 15) is 22.8 Å². The molecule has 1 fully saturated rings. The number of alkyl halides is 3. The van der Waals surface area contributed by atoms with Crippen molar-refractivity contribution in [1.29, 1.82) is 0 Å². The molecule has 2 aromatic rings. The number of para-hydroxylation sites is 1. The fraction of sp³-hybridized carbons (Fsp3) is 0.389. The van der Waals surface area contributed by atoms with Gasteiger partial charge in [-0.25, -0.2) is 4.98 Å². The minimum absolute atomic E-state index is 0.232. The van der Waals surface area contributed by atoms with E-state index in [4.69, 9.17) is 0 Å². The Labute approximate surface area is 148 Å². The number of nitrogens with one attached hydrogen (secondary N) is 1. The molecule has 1 N–H and O–H groups in total. The van der Waals surface area contributed by atoms with Crippen LogP contribution < -0.4 is 5.32 Å². The van der Waals surface area contributed by atoms with Crippen molar-refractivity contribution in [3.8, 4) is 0 Å². The first-order valence-electron chi connectivity index (χ1n) is 8.33. The van der Waals surface area contributed by atoms with Crippen molar-refractivity contribution in [2.24, 2.45) is 5.92 Å². The van der Waals surface area contributed by atoms with Gasteiger partial charge in [-0.3, -0.25) is 9.59 Å². The van der Waals surface area contributed by atoms with E-state index >= 15 is 0 Å². The summed E-state index contributed by atoms with van der Waals surface area (Å²) in [4.78, 5) is 30.4. The minimum Gasteiger partial charge on any atom is -0.347 e. The van der Waals surface area contributed by atoms with Gasteiger partial charge in [-0.15, -0.1) is 0 Å². The van der Waals surface area contributed by atoms with E-state index in [-0.39, 0.29) is 5.91 Å². The molecule has 0 atom stereocenters. The number of halogens is 3. The first kappa shape index (κ1) is 18.2. The van der Waals surface area contributed by atoms with E-state index in [0.29, 0.717) is 31.6 Å². The number of pyridine rings is 1. The second-order valence-corrected chi connectivity index (χ2v) is 6.29. The van der Waals surface area contributed by atoms with Crippen molar-refractivity contribution in [1.82, 2.24) is 15.2 Å². The number of rotatable bonds is 3. The molecule has 26 heavy (non-hydrogen) atoms. The number of fused-ring (bicyclic) bond motifs is 1. The van der Waals surface area contributed by atoms with Gasteiger partial charge >= 0.3 is 6.18 Å². The van der Waals surface area contributed by atoms with Gasteiger partial charge in [0.15, 0.2) is 0 Å². The average molecular weight is 365 g/mol. The molecular formula is C18H18F3N3O2. The topological polar surface area (TPSA) is 62.3 Å². The predicted molar refractivity (Wildman–Crippen MR) is 89.4 cm³/mol. The van der Waals surface area contributed by atoms with Crippen molar-refractivity contribution in [3.63, 3.8) is 0 Å². The van der Waals surface area contributed by atoms with Gasteiger partial charge in [0.05, 0.1) is 5.52 Å². The number of likely N-dealkylation sites (tertiary alicyclic amines) is 1. The Kier molecular flexibility index (Phi) is 5.11. The molecule has 138 valence electrons. The lowest BCUT2D eigenvalue weighted by molar-refractivity contribution is -0.141. The summed E-state index contributed by atoms with van der Waals surface area (Å²) in [7, 11) is 0. The number of carbonyl (C=O) groups is 2. The van der Waals surface area contributed by atoms with Gasteiger partial charge in [-0.05, 0) is 25.0 Å². The molecule has 0 unspecified atom stereocenters. The van der Waals surface area contributed by atoms with Crippen molar-refractivity contribution >= 4 is 22.7 Å². The lowest BCUT2D eigenvalue weighted by Crippen LogP contribution is -2.44. The highest BCUT2D eigenvalue weighted by Crippen LogP contribution is 2.21. The lowest BCUT2D eigenvalue weighted by atomic mass is 9.95. The monoisotopic (exact) mass is 365 g/mol. The van der Waals surface area contributed by atoms with E-state index in [0.717, 1.165) is 10.9 Å². The van der Waals surface area contributed by atoms with Crippen LogP contribution in [-0.2, 0) is 4.79 Å². The third kappa shape index (κ3) is 4.30. The van der Waals surface area contributed by atoms with Gasteiger partial charge in [-0.2, -0.15) is 13.2 Å². The van der Waals surface area contributed by atoms with Gasteiger partial charge < -0.3 is 10.2 Å². The molecule has 0 aliphatic carbocycles. The summed E-state index contributed by atoms with van der Waals surface area (Å²) in [5.74, 6) is -1.35. The predicted octanol–water partition coefficient (Wildman–Crippen LogP) is 2.77. The highest BCUT2D eigenvalue weighted by Gasteiger charge is 2.32. The summed E-state index contributed by atoms with van der Waals surface area (Å²) in [5.41, 5.74) is 1.04. The maximum Gasteiger partial charge on any atom is 0.405 e. The Morgan fingerprint density at radius 2 is 1.81 bits per heavy atom. The van der Waals surface area contributed by atoms with E-state index in [1.807, 2.05) is 35.6 Å². The molecule has 8 heteroatoms. The molecule has 0 radical (unpaired) electrons. The van der Waals surface area contributed by atoms with Crippen LogP contribution in [0.4, 0.5) is 13.2 Å². The molecule has 1 saturated heterocycles. The molecule has 1 aromatic carbocycles. The highest BCUT2D eigenvalue weighted by molar-refractivity contribution is 5.95. The Morgan fingerprint density at radius 1 is 1.12 bits per heavy atom. The fourth-order valence-electron chi connectivity index (χ4n) is 3.02. The maximum atomic E-state index is 12.6. The van der Waals surface area contributed by atoms with Gasteiger partial charge in [0.1, 0.15) is 12.2 Å². The number of carbonyl (C=O) groups excluding carboxylic acids is 2. The molecule has 0 spiro atoms. The Hall–Kier alpha value is -2.64. The normalized spacial score (nSPS) is 15.9. The molecule has 5 nitrogen and oxygen atoms in total. The molecule has 0 bridgehead atoms. The smallest absolute Gasteiger partial charge is 0.347 e. The van der Waals surface area contributed by atoms with Gasteiger partial charge in [-0.1, -0.05) is 24.3 Å². The van der Waals surface area contributed by atoms with Crippen molar-refractivity contribution in [2.45, 2.75) is 19.0 Å². The summed E-state index contributed by atoms with van der Waals surface area (Å²) in [6.07, 6.45) is -3.75. The van der Waals surface area contributed by atoms with Crippen molar-refractivity contribution in [2.75, 3.05) is 19.6 Å². The van der Waals surface area contributed by atoms with Crippen LogP contribution in [0.1, 0.15) is 23.3 Å². The third-order valence-electron chi connectivity index (χ3n) is 4.43. The van der Waals surface area contributed by atoms with Crippen LogP contribution in [0.25, 0.3) is 10.9 Å². The molecule has 2 amide bonds. The minimum atomic E-state index is -4.42. The summed E-state index contributed by atoms with van der Waals surface area (Å²) >= 11 is 0. The maximum absolute atomic E-state index is 12.6. The standard InChI is InChI=1S/C18H18F3N3O2/c19-18(20,21)11-22-16(25)13-7-9-24(10-8-13)17(26)15-6-5-12-3-1-2-4-14(12)23-15/h1-6,13H,7-11H2,(H,22,25). The number of hydrogen-bond acceptors (Lipinski definition) is 3. The van der Waals surface area contributed by atoms with E-state index in [2.05, 4.69) is 4.98 Å². The molecular weight excluding hydrogens is 347 g/mol. The molecule has 1 aliphatic rings. The number of hydrogen-bond donors (Lipinski definition) is 1. The molecule has 2 heterocycles. The van der Waals surface area contributed by atoms with Crippen LogP contribution in [0.3, 0.4) is 0 Å². The second kappa shape index (κ2) is 7.31. The van der Waals surface area contributed by atoms with E-state index in [1.54, 1.807) is 11.0 Å². The van der Waals surface area contributed by atoms with Crippen LogP contribution in [0, 0.1) is 5.92 Å². The molecule has 1 aliphatic heterocycles. The van der Waals surface area contributed by atoms with Crippen LogP contribution in [0.15, 0.2) is 36.4 Å². The summed E-state index contributed by atoms with van der Waals surface area (Å²) in [5, 5.41) is 2.84. The zero-order valence-electron chi connectivity index (χ0n) is 13.9. The quantitative estimate of drug-likeness (QED) is 0.910. The summed E-state index contributed by atoms with van der Waals surface area (Å²) < 4.78 is 36.5. The largest absolute Gasteiger partial charge is 0.405 e. The second-order valence-electron chi connectivity index (χ2n) is 6.29. The highest BCUT2D eigenvalue weighted by atomic mass is 19.4. The van der Waals surface area contributed by atoms with Crippen LogP contribution in [-0.4, -0.2) is 47.5 Å². The number of nitrogens with zero attached hydrogens (tertiary/aromatic N) is 2. The fourth-order valence-corrected chi connectivity index (χ4v) is 3.02. The van der Waals surface area contributed by atoms with E-state index < -0.39 is 24.5 Å². The van der Waals surface area contributed by atoms with Crippen LogP contribution in [0.2, 0.25) is 0 Å². The lowest BCUT2D eigenvalue weighted by Gasteiger charge is -2.31. The van der Waals surface area contributed by atoms with E-state index in [1.165, 1.54) is 0 Å². The zero-order chi connectivity index (χ0) is 18.7. The van der Waals surface area contributed by atoms with Gasteiger partial charge in [0, 0.05) is 24.4 Å². The van der Waals surface area contributed by atoms with Crippen LogP contribution >= 0.6 is 0 Å². The van der Waals surface area contributed by atoms with Crippen molar-refractivity contribution < 1.29 is 22.8 Å². The average Bonchev–Trinajstić information content (AvgIpc) is 2.64. The Morgan fingerprint density at radius 3 is 2.50 bits per heavy atom. The molecule has 3 rings (SSSR count). The Balaban J connectivity index is 1.58. The van der Waals surface area contributed by atoms with Gasteiger partial charge in [0.2, 0.25) is 5.91 Å². The number of amides is 2. The zero-order valence-corrected chi connectivity index (χ0v) is 13.9. The SMILES string of the molecule is O=C(NCC(F)(F)F)C1CCN(C(=O)c2ccc3ccccc3n2)CC1. The summed E-state index contributed by atoms with van der Waals surface area (Å²) in [6, 6.07) is 10.9.